The first-order chi connectivity index (χ1) is 6.70. The zero-order chi connectivity index (χ0) is 10.1. The SMILES string of the molecule is C=C1CC(c2sc(C)nc2CC)=NO1. The summed E-state index contributed by atoms with van der Waals surface area (Å²) < 4.78 is 0. The van der Waals surface area contributed by atoms with Crippen LogP contribution in [0.3, 0.4) is 0 Å². The number of allylic oxidation sites excluding steroid dienone is 1. The fraction of sp³-hybridized carbons (Fsp3) is 0.400. The lowest BCUT2D eigenvalue weighted by Gasteiger charge is -1.94. The quantitative estimate of drug-likeness (QED) is 0.748. The Balaban J connectivity index is 2.36. The van der Waals surface area contributed by atoms with Crippen molar-refractivity contribution in [3.05, 3.63) is 27.9 Å². The summed E-state index contributed by atoms with van der Waals surface area (Å²) in [5, 5.41) is 5.08. The van der Waals surface area contributed by atoms with E-state index < -0.39 is 0 Å². The van der Waals surface area contributed by atoms with Crippen molar-refractivity contribution in [2.75, 3.05) is 0 Å². The molecule has 1 aliphatic heterocycles. The number of rotatable bonds is 2. The van der Waals surface area contributed by atoms with Gasteiger partial charge in [0.05, 0.1) is 22.0 Å². The molecule has 0 spiro atoms. The van der Waals surface area contributed by atoms with Gasteiger partial charge in [-0.15, -0.1) is 11.3 Å². The van der Waals surface area contributed by atoms with Crippen LogP contribution in [0.1, 0.15) is 28.9 Å². The van der Waals surface area contributed by atoms with Gasteiger partial charge in [0.15, 0.2) is 0 Å². The van der Waals surface area contributed by atoms with E-state index in [-0.39, 0.29) is 0 Å². The molecular formula is C10H12N2OS. The molecule has 1 aromatic heterocycles. The van der Waals surface area contributed by atoms with Crippen molar-refractivity contribution in [3.63, 3.8) is 0 Å². The summed E-state index contributed by atoms with van der Waals surface area (Å²) in [6.07, 6.45) is 1.65. The third kappa shape index (κ3) is 1.57. The molecule has 0 fully saturated rings. The van der Waals surface area contributed by atoms with Crippen molar-refractivity contribution in [1.29, 1.82) is 0 Å². The van der Waals surface area contributed by atoms with Crippen molar-refractivity contribution < 1.29 is 4.84 Å². The molecule has 0 amide bonds. The lowest BCUT2D eigenvalue weighted by Crippen LogP contribution is -1.97. The Hall–Kier alpha value is -1.16. The Morgan fingerprint density at radius 3 is 2.93 bits per heavy atom. The minimum Gasteiger partial charge on any atom is -0.361 e. The minimum atomic E-state index is 0.716. The molecule has 0 N–H and O–H groups in total. The highest BCUT2D eigenvalue weighted by atomic mass is 32.1. The second kappa shape index (κ2) is 3.53. The molecule has 0 aromatic carbocycles. The first-order valence-corrected chi connectivity index (χ1v) is 5.40. The fourth-order valence-electron chi connectivity index (χ4n) is 1.43. The van der Waals surface area contributed by atoms with E-state index in [9.17, 15) is 0 Å². The van der Waals surface area contributed by atoms with Gasteiger partial charge in [0.2, 0.25) is 0 Å². The summed E-state index contributed by atoms with van der Waals surface area (Å²) in [6.45, 7) is 7.85. The van der Waals surface area contributed by atoms with Gasteiger partial charge in [-0.1, -0.05) is 18.7 Å². The first-order valence-electron chi connectivity index (χ1n) is 4.59. The van der Waals surface area contributed by atoms with E-state index in [1.807, 2.05) is 6.92 Å². The van der Waals surface area contributed by atoms with Crippen LogP contribution in [0.15, 0.2) is 17.5 Å². The second-order valence-electron chi connectivity index (χ2n) is 3.21. The lowest BCUT2D eigenvalue weighted by atomic mass is 10.1. The summed E-state index contributed by atoms with van der Waals surface area (Å²) in [4.78, 5) is 10.6. The van der Waals surface area contributed by atoms with E-state index in [1.165, 1.54) is 0 Å². The van der Waals surface area contributed by atoms with E-state index in [4.69, 9.17) is 4.84 Å². The zero-order valence-electron chi connectivity index (χ0n) is 8.33. The molecule has 0 unspecified atom stereocenters. The molecule has 2 rings (SSSR count). The van der Waals surface area contributed by atoms with Gasteiger partial charge in [-0.3, -0.25) is 0 Å². The van der Waals surface area contributed by atoms with E-state index in [0.717, 1.165) is 27.7 Å². The highest BCUT2D eigenvalue weighted by Gasteiger charge is 2.20. The average molecular weight is 208 g/mol. The maximum absolute atomic E-state index is 5.00. The molecule has 0 bridgehead atoms. The standard InChI is InChI=1S/C10H12N2OS/c1-4-8-10(14-7(3)11-8)9-5-6(2)13-12-9/h2,4-5H2,1,3H3. The predicted molar refractivity (Wildman–Crippen MR) is 57.6 cm³/mol. The number of nitrogens with zero attached hydrogens (tertiary/aromatic N) is 2. The summed E-state index contributed by atoms with van der Waals surface area (Å²) >= 11 is 1.68. The van der Waals surface area contributed by atoms with Gasteiger partial charge in [-0.05, 0) is 13.3 Å². The van der Waals surface area contributed by atoms with Gasteiger partial charge in [-0.2, -0.15) is 0 Å². The Bertz CT molecular complexity index is 406. The summed E-state index contributed by atoms with van der Waals surface area (Å²) in [5.41, 5.74) is 2.09. The molecule has 1 aromatic rings. The lowest BCUT2D eigenvalue weighted by molar-refractivity contribution is 0.246. The van der Waals surface area contributed by atoms with Crippen LogP contribution in [0, 0.1) is 6.92 Å². The maximum Gasteiger partial charge on any atom is 0.134 e. The molecule has 14 heavy (non-hydrogen) atoms. The van der Waals surface area contributed by atoms with Crippen LogP contribution in [-0.4, -0.2) is 10.7 Å². The van der Waals surface area contributed by atoms with E-state index in [0.29, 0.717) is 12.2 Å². The molecule has 0 saturated carbocycles. The van der Waals surface area contributed by atoms with Crippen molar-refractivity contribution >= 4 is 17.0 Å². The maximum atomic E-state index is 5.00. The van der Waals surface area contributed by atoms with Crippen LogP contribution in [0.2, 0.25) is 0 Å². The molecular weight excluding hydrogens is 196 g/mol. The largest absolute Gasteiger partial charge is 0.361 e. The van der Waals surface area contributed by atoms with E-state index in [1.54, 1.807) is 11.3 Å². The summed E-state index contributed by atoms with van der Waals surface area (Å²) in [6, 6.07) is 0. The second-order valence-corrected chi connectivity index (χ2v) is 4.41. The molecule has 1 aliphatic rings. The Morgan fingerprint density at radius 2 is 2.36 bits per heavy atom. The third-order valence-corrected chi connectivity index (χ3v) is 3.11. The molecule has 3 nitrogen and oxygen atoms in total. The fourth-order valence-corrected chi connectivity index (χ4v) is 2.41. The van der Waals surface area contributed by atoms with Crippen molar-refractivity contribution in [1.82, 2.24) is 4.98 Å². The van der Waals surface area contributed by atoms with Crippen LogP contribution in [0.5, 0.6) is 0 Å². The summed E-state index contributed by atoms with van der Waals surface area (Å²) in [7, 11) is 0. The van der Waals surface area contributed by atoms with E-state index >= 15 is 0 Å². The monoisotopic (exact) mass is 208 g/mol. The molecule has 0 saturated heterocycles. The molecule has 74 valence electrons. The highest BCUT2D eigenvalue weighted by molar-refractivity contribution is 7.13. The van der Waals surface area contributed by atoms with Crippen LogP contribution in [0.25, 0.3) is 0 Å². The van der Waals surface area contributed by atoms with Crippen LogP contribution < -0.4 is 0 Å². The Kier molecular flexibility index (Phi) is 2.37. The van der Waals surface area contributed by atoms with Gasteiger partial charge in [0.25, 0.3) is 0 Å². The van der Waals surface area contributed by atoms with Gasteiger partial charge in [0, 0.05) is 0 Å². The van der Waals surface area contributed by atoms with Gasteiger partial charge >= 0.3 is 0 Å². The smallest absolute Gasteiger partial charge is 0.134 e. The topological polar surface area (TPSA) is 34.5 Å². The normalized spacial score (nSPS) is 15.6. The number of aryl methyl sites for hydroxylation is 2. The van der Waals surface area contributed by atoms with Crippen molar-refractivity contribution in [2.24, 2.45) is 5.16 Å². The molecule has 4 heteroatoms. The predicted octanol–water partition coefficient (Wildman–Crippen LogP) is 2.65. The molecule has 0 radical (unpaired) electrons. The first kappa shape index (κ1) is 9.40. The number of thiazole rings is 1. The molecule has 0 atom stereocenters. The van der Waals surface area contributed by atoms with E-state index in [2.05, 4.69) is 23.6 Å². The van der Waals surface area contributed by atoms with Gasteiger partial charge < -0.3 is 4.84 Å². The number of hydrogen-bond acceptors (Lipinski definition) is 4. The van der Waals surface area contributed by atoms with Crippen LogP contribution >= 0.6 is 11.3 Å². The van der Waals surface area contributed by atoms with Crippen molar-refractivity contribution in [3.8, 4) is 0 Å². The molecule has 0 aliphatic carbocycles. The Morgan fingerprint density at radius 1 is 1.57 bits per heavy atom. The van der Waals surface area contributed by atoms with Crippen LogP contribution in [0.4, 0.5) is 0 Å². The average Bonchev–Trinajstić information content (AvgIpc) is 2.71. The van der Waals surface area contributed by atoms with Gasteiger partial charge in [0.1, 0.15) is 11.5 Å². The van der Waals surface area contributed by atoms with Crippen molar-refractivity contribution in [2.45, 2.75) is 26.7 Å². The molecule has 2 heterocycles. The summed E-state index contributed by atoms with van der Waals surface area (Å²) in [5.74, 6) is 0.716. The number of aromatic nitrogens is 1. The minimum absolute atomic E-state index is 0.716. The van der Waals surface area contributed by atoms with Crippen LogP contribution in [-0.2, 0) is 11.3 Å². The number of hydrogen-bond donors (Lipinski definition) is 0. The Labute approximate surface area is 87.1 Å². The van der Waals surface area contributed by atoms with Gasteiger partial charge in [-0.25, -0.2) is 4.98 Å². The highest BCUT2D eigenvalue weighted by Crippen LogP contribution is 2.25. The third-order valence-electron chi connectivity index (χ3n) is 2.05. The zero-order valence-corrected chi connectivity index (χ0v) is 9.15. The number of oxime groups is 1.